The van der Waals surface area contributed by atoms with Gasteiger partial charge in [-0.1, -0.05) is 12.1 Å². The van der Waals surface area contributed by atoms with Crippen molar-refractivity contribution in [2.45, 2.75) is 71.6 Å². The Morgan fingerprint density at radius 1 is 1.24 bits per heavy atom. The van der Waals surface area contributed by atoms with Gasteiger partial charge in [-0.3, -0.25) is 9.59 Å². The van der Waals surface area contributed by atoms with Gasteiger partial charge in [0.05, 0.1) is 6.10 Å². The van der Waals surface area contributed by atoms with E-state index in [2.05, 4.69) is 17.4 Å². The Morgan fingerprint density at radius 3 is 2.52 bits per heavy atom. The Hall–Kier alpha value is -2.04. The Morgan fingerprint density at radius 2 is 1.92 bits per heavy atom. The summed E-state index contributed by atoms with van der Waals surface area (Å²) in [5, 5.41) is 3.06. The van der Waals surface area contributed by atoms with Crippen LogP contribution in [0.3, 0.4) is 0 Å². The summed E-state index contributed by atoms with van der Waals surface area (Å²) >= 11 is 0. The van der Waals surface area contributed by atoms with Gasteiger partial charge in [-0.15, -0.1) is 0 Å². The number of nitrogens with one attached hydrogen (secondary N) is 1. The third kappa shape index (κ3) is 5.76. The second-order valence-electron chi connectivity index (χ2n) is 7.13. The van der Waals surface area contributed by atoms with Crippen LogP contribution in [0.25, 0.3) is 0 Å². The average molecular weight is 346 g/mol. The molecular weight excluding hydrogens is 316 g/mol. The number of likely N-dealkylation sites (tertiary alicyclic amines) is 1. The molecule has 1 N–H and O–H groups in total. The molecule has 1 heterocycles. The smallest absolute Gasteiger partial charge is 0.243 e. The van der Waals surface area contributed by atoms with Crippen LogP contribution in [-0.4, -0.2) is 41.4 Å². The molecule has 0 saturated carbocycles. The van der Waals surface area contributed by atoms with Gasteiger partial charge in [0, 0.05) is 19.5 Å². The van der Waals surface area contributed by atoms with E-state index >= 15 is 0 Å². The summed E-state index contributed by atoms with van der Waals surface area (Å²) in [6.07, 6.45) is 3.59. The second-order valence-corrected chi connectivity index (χ2v) is 7.13. The SMILES string of the molecule is CC(=O)N1CCC[C@@H]1C(=O)N[C@@H](C)CCc1ccc(OC(C)C)cc1. The quantitative estimate of drug-likeness (QED) is 0.826. The fourth-order valence-corrected chi connectivity index (χ4v) is 3.22. The second kappa shape index (κ2) is 8.88. The number of ether oxygens (including phenoxy) is 1. The first-order valence-corrected chi connectivity index (χ1v) is 9.20. The third-order valence-corrected chi connectivity index (χ3v) is 4.51. The van der Waals surface area contributed by atoms with Crippen LogP contribution in [0.2, 0.25) is 0 Å². The molecule has 0 bridgehead atoms. The standard InChI is InChI=1S/C20H30N2O3/c1-14(2)25-18-11-9-17(10-12-18)8-7-15(3)21-20(24)19-6-5-13-22(19)16(4)23/h9-12,14-15,19H,5-8,13H2,1-4H3,(H,21,24)/t15-,19+/m0/s1. The molecule has 1 saturated heterocycles. The van der Waals surface area contributed by atoms with Gasteiger partial charge in [0.15, 0.2) is 0 Å². The van der Waals surface area contributed by atoms with E-state index in [1.165, 1.54) is 12.5 Å². The number of hydrogen-bond donors (Lipinski definition) is 1. The van der Waals surface area contributed by atoms with Crippen molar-refractivity contribution in [3.63, 3.8) is 0 Å². The molecule has 0 aromatic heterocycles. The normalized spacial score (nSPS) is 18.3. The molecule has 0 unspecified atom stereocenters. The number of carbonyl (C=O) groups is 2. The van der Waals surface area contributed by atoms with Gasteiger partial charge in [0.2, 0.25) is 11.8 Å². The highest BCUT2D eigenvalue weighted by Crippen LogP contribution is 2.18. The number of nitrogens with zero attached hydrogens (tertiary/aromatic N) is 1. The molecule has 2 atom stereocenters. The molecular formula is C20H30N2O3. The maximum Gasteiger partial charge on any atom is 0.243 e. The predicted molar refractivity (Wildman–Crippen MR) is 98.5 cm³/mol. The predicted octanol–water partition coefficient (Wildman–Crippen LogP) is 2.92. The lowest BCUT2D eigenvalue weighted by molar-refractivity contribution is -0.137. The van der Waals surface area contributed by atoms with E-state index in [0.29, 0.717) is 6.54 Å². The van der Waals surface area contributed by atoms with E-state index in [1.54, 1.807) is 4.90 Å². The van der Waals surface area contributed by atoms with Crippen molar-refractivity contribution in [2.75, 3.05) is 6.54 Å². The van der Waals surface area contributed by atoms with Crippen molar-refractivity contribution >= 4 is 11.8 Å². The van der Waals surface area contributed by atoms with Crippen molar-refractivity contribution in [1.29, 1.82) is 0 Å². The van der Waals surface area contributed by atoms with E-state index in [0.717, 1.165) is 31.4 Å². The number of hydrogen-bond acceptors (Lipinski definition) is 3. The van der Waals surface area contributed by atoms with Crippen LogP contribution in [0.15, 0.2) is 24.3 Å². The van der Waals surface area contributed by atoms with E-state index in [9.17, 15) is 9.59 Å². The lowest BCUT2D eigenvalue weighted by atomic mass is 10.1. The Kier molecular flexibility index (Phi) is 6.85. The molecule has 1 aromatic rings. The molecule has 0 radical (unpaired) electrons. The minimum absolute atomic E-state index is 0.0194. The van der Waals surface area contributed by atoms with Gasteiger partial charge < -0.3 is 15.0 Å². The van der Waals surface area contributed by atoms with Crippen LogP contribution in [0.5, 0.6) is 5.75 Å². The molecule has 1 aliphatic rings. The van der Waals surface area contributed by atoms with Gasteiger partial charge >= 0.3 is 0 Å². The van der Waals surface area contributed by atoms with Crippen LogP contribution in [0.1, 0.15) is 52.5 Å². The maximum atomic E-state index is 12.4. The Labute approximate surface area is 150 Å². The van der Waals surface area contributed by atoms with E-state index in [-0.39, 0.29) is 30.0 Å². The number of rotatable bonds is 7. The van der Waals surface area contributed by atoms with Crippen LogP contribution in [0, 0.1) is 0 Å². The van der Waals surface area contributed by atoms with Crippen molar-refractivity contribution in [2.24, 2.45) is 0 Å². The van der Waals surface area contributed by atoms with Gasteiger partial charge in [0.1, 0.15) is 11.8 Å². The van der Waals surface area contributed by atoms with Crippen LogP contribution in [0.4, 0.5) is 0 Å². The first-order valence-electron chi connectivity index (χ1n) is 9.20. The van der Waals surface area contributed by atoms with E-state index in [1.807, 2.05) is 32.9 Å². The summed E-state index contributed by atoms with van der Waals surface area (Å²) in [4.78, 5) is 25.7. The zero-order valence-corrected chi connectivity index (χ0v) is 15.7. The summed E-state index contributed by atoms with van der Waals surface area (Å²) in [5.74, 6) is 0.834. The number of amides is 2. The fourth-order valence-electron chi connectivity index (χ4n) is 3.22. The molecule has 1 aromatic carbocycles. The van der Waals surface area contributed by atoms with Gasteiger partial charge in [-0.25, -0.2) is 0 Å². The summed E-state index contributed by atoms with van der Waals surface area (Å²) < 4.78 is 5.64. The molecule has 2 rings (SSSR count). The molecule has 1 aliphatic heterocycles. The van der Waals surface area contributed by atoms with Crippen LogP contribution < -0.4 is 10.1 Å². The maximum absolute atomic E-state index is 12.4. The average Bonchev–Trinajstić information content (AvgIpc) is 3.03. The first kappa shape index (κ1) is 19.3. The summed E-state index contributed by atoms with van der Waals surface area (Å²) in [6, 6.07) is 7.89. The molecule has 2 amide bonds. The lowest BCUT2D eigenvalue weighted by Gasteiger charge is -2.24. The molecule has 0 spiro atoms. The minimum atomic E-state index is -0.299. The van der Waals surface area contributed by atoms with Crippen molar-refractivity contribution in [1.82, 2.24) is 10.2 Å². The highest BCUT2D eigenvalue weighted by atomic mass is 16.5. The van der Waals surface area contributed by atoms with Crippen molar-refractivity contribution < 1.29 is 14.3 Å². The number of carbonyl (C=O) groups excluding carboxylic acids is 2. The van der Waals surface area contributed by atoms with E-state index in [4.69, 9.17) is 4.74 Å². The van der Waals surface area contributed by atoms with Gasteiger partial charge in [0.25, 0.3) is 0 Å². The van der Waals surface area contributed by atoms with Crippen LogP contribution in [-0.2, 0) is 16.0 Å². The molecule has 5 nitrogen and oxygen atoms in total. The largest absolute Gasteiger partial charge is 0.491 e. The highest BCUT2D eigenvalue weighted by Gasteiger charge is 2.32. The molecule has 138 valence electrons. The zero-order valence-electron chi connectivity index (χ0n) is 15.7. The third-order valence-electron chi connectivity index (χ3n) is 4.51. The topological polar surface area (TPSA) is 58.6 Å². The lowest BCUT2D eigenvalue weighted by Crippen LogP contribution is -2.47. The Balaban J connectivity index is 1.79. The summed E-state index contributed by atoms with van der Waals surface area (Å²) in [5.41, 5.74) is 1.23. The fraction of sp³-hybridized carbons (Fsp3) is 0.600. The minimum Gasteiger partial charge on any atom is -0.491 e. The monoisotopic (exact) mass is 346 g/mol. The molecule has 5 heteroatoms. The zero-order chi connectivity index (χ0) is 18.4. The number of aryl methyl sites for hydroxylation is 1. The Bertz CT molecular complexity index is 583. The van der Waals surface area contributed by atoms with Crippen molar-refractivity contribution in [3.8, 4) is 5.75 Å². The molecule has 25 heavy (non-hydrogen) atoms. The van der Waals surface area contributed by atoms with Gasteiger partial charge in [-0.05, 0) is 64.2 Å². The van der Waals surface area contributed by atoms with Crippen molar-refractivity contribution in [3.05, 3.63) is 29.8 Å². The highest BCUT2D eigenvalue weighted by molar-refractivity contribution is 5.87. The van der Waals surface area contributed by atoms with E-state index < -0.39 is 0 Å². The summed E-state index contributed by atoms with van der Waals surface area (Å²) in [6.45, 7) is 8.25. The van der Waals surface area contributed by atoms with Crippen LogP contribution >= 0.6 is 0 Å². The number of benzene rings is 1. The summed E-state index contributed by atoms with van der Waals surface area (Å²) in [7, 11) is 0. The molecule has 0 aliphatic carbocycles. The molecule has 1 fully saturated rings. The first-order chi connectivity index (χ1) is 11.9. The van der Waals surface area contributed by atoms with Gasteiger partial charge in [-0.2, -0.15) is 0 Å².